The number of benzene rings is 2. The van der Waals surface area contributed by atoms with E-state index in [1.807, 2.05) is 67.6 Å². The largest absolute Gasteiger partial charge is 0.442 e. The first-order chi connectivity index (χ1) is 15.2. The number of hydrogen-bond donors (Lipinski definition) is 1. The van der Waals surface area contributed by atoms with Crippen molar-refractivity contribution in [3.8, 4) is 0 Å². The topological polar surface area (TPSA) is 76.5 Å². The van der Waals surface area contributed by atoms with Gasteiger partial charge in [0.25, 0.3) is 0 Å². The van der Waals surface area contributed by atoms with Crippen LogP contribution in [-0.4, -0.2) is 38.3 Å². The van der Waals surface area contributed by atoms with E-state index in [4.69, 9.17) is 4.74 Å². The van der Waals surface area contributed by atoms with Gasteiger partial charge in [-0.1, -0.05) is 60.7 Å². The van der Waals surface area contributed by atoms with Gasteiger partial charge in [-0.25, -0.2) is 4.79 Å². The minimum Gasteiger partial charge on any atom is -0.442 e. The molecule has 0 fully saturated rings. The molecule has 1 heterocycles. The zero-order valence-electron chi connectivity index (χ0n) is 19.0. The van der Waals surface area contributed by atoms with Gasteiger partial charge in [0.15, 0.2) is 5.82 Å². The molecule has 0 radical (unpaired) electrons. The Kier molecular flexibility index (Phi) is 7.43. The van der Waals surface area contributed by atoms with Crippen LogP contribution in [-0.2, 0) is 22.6 Å². The maximum absolute atomic E-state index is 13.0. The molecular weight excluding hydrogens is 404 g/mol. The van der Waals surface area contributed by atoms with Crippen molar-refractivity contribution in [2.24, 2.45) is 0 Å². The summed E-state index contributed by atoms with van der Waals surface area (Å²) in [6, 6.07) is 21.2. The molecule has 0 aliphatic heterocycles. The highest BCUT2D eigenvalue weighted by molar-refractivity contribution is 5.93. The summed E-state index contributed by atoms with van der Waals surface area (Å²) >= 11 is 0. The Morgan fingerprint density at radius 2 is 1.50 bits per heavy atom. The molecule has 0 bridgehead atoms. The minimum atomic E-state index is -0.629. The normalized spacial score (nSPS) is 12.4. The van der Waals surface area contributed by atoms with Crippen LogP contribution in [0, 0.1) is 0 Å². The molecule has 2 aromatic carbocycles. The molecule has 1 N–H and O–H groups in total. The van der Waals surface area contributed by atoms with Crippen molar-refractivity contribution >= 4 is 17.8 Å². The lowest BCUT2D eigenvalue weighted by molar-refractivity contribution is -0.121. The van der Waals surface area contributed by atoms with E-state index in [-0.39, 0.29) is 5.91 Å². The van der Waals surface area contributed by atoms with Crippen molar-refractivity contribution in [2.45, 2.75) is 52.4 Å². The number of nitrogens with one attached hydrogen (secondary N) is 1. The van der Waals surface area contributed by atoms with Crippen molar-refractivity contribution in [3.63, 3.8) is 0 Å². The van der Waals surface area contributed by atoms with E-state index in [1.165, 1.54) is 6.20 Å². The summed E-state index contributed by atoms with van der Waals surface area (Å²) in [5.41, 5.74) is 1.62. The highest BCUT2D eigenvalue weighted by atomic mass is 16.6. The van der Waals surface area contributed by atoms with Crippen LogP contribution in [0.2, 0.25) is 0 Å². The van der Waals surface area contributed by atoms with Gasteiger partial charge in [0, 0.05) is 25.4 Å². The molecule has 3 rings (SSSR count). The molecule has 3 aromatic rings. The lowest BCUT2D eigenvalue weighted by atomic mass is 10.1. The van der Waals surface area contributed by atoms with E-state index in [0.29, 0.717) is 18.9 Å². The van der Waals surface area contributed by atoms with Crippen LogP contribution in [0.15, 0.2) is 72.9 Å². The molecule has 1 amide bonds. The van der Waals surface area contributed by atoms with Crippen molar-refractivity contribution in [1.82, 2.24) is 14.7 Å². The van der Waals surface area contributed by atoms with E-state index in [2.05, 4.69) is 15.3 Å². The number of ether oxygens (including phenoxy) is 1. The molecule has 1 atom stereocenters. The fraction of sp³-hybridized carbons (Fsp3) is 0.320. The monoisotopic (exact) mass is 434 g/mol. The molecule has 32 heavy (non-hydrogen) atoms. The second-order valence-electron chi connectivity index (χ2n) is 8.67. The van der Waals surface area contributed by atoms with Gasteiger partial charge in [-0.05, 0) is 38.8 Å². The van der Waals surface area contributed by atoms with E-state index >= 15 is 0 Å². The number of hydrogen-bond acceptors (Lipinski definition) is 5. The van der Waals surface area contributed by atoms with Crippen LogP contribution < -0.4 is 5.32 Å². The Hall–Kier alpha value is -3.45. The highest BCUT2D eigenvalue weighted by Crippen LogP contribution is 2.16. The second kappa shape index (κ2) is 10.2. The number of amides is 1. The number of aromatic nitrogens is 2. The third-order valence-corrected chi connectivity index (χ3v) is 4.81. The molecule has 0 aliphatic rings. The molecule has 168 valence electrons. The zero-order valence-corrected chi connectivity index (χ0v) is 19.0. The average molecular weight is 435 g/mol. The van der Waals surface area contributed by atoms with Crippen molar-refractivity contribution in [3.05, 3.63) is 84.1 Å². The molecule has 1 aromatic heterocycles. The van der Waals surface area contributed by atoms with Crippen molar-refractivity contribution in [1.29, 1.82) is 0 Å². The van der Waals surface area contributed by atoms with Crippen LogP contribution in [0.5, 0.6) is 0 Å². The first kappa shape index (κ1) is 23.2. The summed E-state index contributed by atoms with van der Waals surface area (Å²) in [5, 5.41) is 6.95. The van der Waals surface area contributed by atoms with Gasteiger partial charge >= 0.3 is 6.09 Å². The maximum Gasteiger partial charge on any atom is 0.435 e. The molecular formula is C25H30N4O3. The van der Waals surface area contributed by atoms with Gasteiger partial charge in [-0.3, -0.25) is 9.69 Å². The summed E-state index contributed by atoms with van der Waals surface area (Å²) in [7, 11) is 0. The van der Waals surface area contributed by atoms with Crippen molar-refractivity contribution in [2.75, 3.05) is 5.32 Å². The molecule has 7 heteroatoms. The summed E-state index contributed by atoms with van der Waals surface area (Å²) in [6.45, 7) is 8.46. The Balaban J connectivity index is 1.70. The summed E-state index contributed by atoms with van der Waals surface area (Å²) in [4.78, 5) is 27.3. The van der Waals surface area contributed by atoms with Gasteiger partial charge < -0.3 is 10.1 Å². The smallest absolute Gasteiger partial charge is 0.435 e. The standard InChI is InChI=1S/C25H30N4O3/c1-19(23(30)26-22-15-16-29(27-22)24(31)32-25(2,3)4)28(17-20-11-7-5-8-12-20)18-21-13-9-6-10-14-21/h5-16,19H,17-18H2,1-4H3,(H,26,27,30). The second-order valence-corrected chi connectivity index (χ2v) is 8.67. The fourth-order valence-corrected chi connectivity index (χ4v) is 3.16. The fourth-order valence-electron chi connectivity index (χ4n) is 3.16. The first-order valence-corrected chi connectivity index (χ1v) is 10.6. The molecule has 7 nitrogen and oxygen atoms in total. The van der Waals surface area contributed by atoms with Crippen molar-refractivity contribution < 1.29 is 14.3 Å². The SMILES string of the molecule is CC(C(=O)Nc1ccn(C(=O)OC(C)(C)C)n1)N(Cc1ccccc1)Cc1ccccc1. The van der Waals surface area contributed by atoms with E-state index in [0.717, 1.165) is 15.8 Å². The number of anilines is 1. The predicted molar refractivity (Wildman–Crippen MR) is 124 cm³/mol. The minimum absolute atomic E-state index is 0.202. The van der Waals surface area contributed by atoms with Gasteiger partial charge in [-0.15, -0.1) is 5.10 Å². The van der Waals surface area contributed by atoms with Gasteiger partial charge in [0.05, 0.1) is 6.04 Å². The Morgan fingerprint density at radius 1 is 0.969 bits per heavy atom. The lowest BCUT2D eigenvalue weighted by Gasteiger charge is -2.28. The predicted octanol–water partition coefficient (Wildman–Crippen LogP) is 4.70. The van der Waals surface area contributed by atoms with E-state index < -0.39 is 17.7 Å². The number of carbonyl (C=O) groups is 2. The van der Waals surface area contributed by atoms with Gasteiger partial charge in [-0.2, -0.15) is 4.68 Å². The van der Waals surface area contributed by atoms with Gasteiger partial charge in [0.2, 0.25) is 5.91 Å². The lowest BCUT2D eigenvalue weighted by Crippen LogP contribution is -2.41. The van der Waals surface area contributed by atoms with Gasteiger partial charge in [0.1, 0.15) is 5.60 Å². The third kappa shape index (κ3) is 6.78. The van der Waals surface area contributed by atoms with Crippen LogP contribution in [0.3, 0.4) is 0 Å². The molecule has 0 aliphatic carbocycles. The number of rotatable bonds is 7. The van der Waals surface area contributed by atoms with Crippen LogP contribution >= 0.6 is 0 Å². The Bertz CT molecular complexity index is 985. The maximum atomic E-state index is 13.0. The first-order valence-electron chi connectivity index (χ1n) is 10.6. The average Bonchev–Trinajstić information content (AvgIpc) is 3.22. The molecule has 0 saturated carbocycles. The zero-order chi connectivity index (χ0) is 23.1. The van der Waals surface area contributed by atoms with E-state index in [1.54, 1.807) is 26.8 Å². The number of carbonyl (C=O) groups excluding carboxylic acids is 2. The van der Waals surface area contributed by atoms with E-state index in [9.17, 15) is 9.59 Å². The quantitative estimate of drug-likeness (QED) is 0.584. The highest BCUT2D eigenvalue weighted by Gasteiger charge is 2.23. The Morgan fingerprint density at radius 3 is 2.00 bits per heavy atom. The molecule has 0 saturated heterocycles. The molecule has 0 spiro atoms. The number of nitrogens with zero attached hydrogens (tertiary/aromatic N) is 3. The van der Waals surface area contributed by atoms with Crippen LogP contribution in [0.4, 0.5) is 10.6 Å². The summed E-state index contributed by atoms with van der Waals surface area (Å²) in [5.74, 6) is 0.0957. The summed E-state index contributed by atoms with van der Waals surface area (Å²) < 4.78 is 6.38. The van der Waals surface area contributed by atoms with Crippen LogP contribution in [0.1, 0.15) is 38.8 Å². The summed E-state index contributed by atoms with van der Waals surface area (Å²) in [6.07, 6.45) is 0.876. The Labute approximate surface area is 189 Å². The van der Waals surface area contributed by atoms with Crippen LogP contribution in [0.25, 0.3) is 0 Å². The molecule has 1 unspecified atom stereocenters. The third-order valence-electron chi connectivity index (χ3n) is 4.81.